The van der Waals surface area contributed by atoms with E-state index >= 15 is 0 Å². The van der Waals surface area contributed by atoms with Gasteiger partial charge in [0.25, 0.3) is 0 Å². The van der Waals surface area contributed by atoms with Gasteiger partial charge < -0.3 is 15.1 Å². The van der Waals surface area contributed by atoms with Gasteiger partial charge in [0.05, 0.1) is 12.3 Å². The molecule has 0 aliphatic carbocycles. The summed E-state index contributed by atoms with van der Waals surface area (Å²) in [5.74, 6) is 0.998. The zero-order valence-corrected chi connectivity index (χ0v) is 14.2. The van der Waals surface area contributed by atoms with Crippen molar-refractivity contribution in [2.45, 2.75) is 25.8 Å². The van der Waals surface area contributed by atoms with Gasteiger partial charge in [0, 0.05) is 12.2 Å². The Morgan fingerprint density at radius 1 is 1.22 bits per heavy atom. The summed E-state index contributed by atoms with van der Waals surface area (Å²) in [7, 11) is 0. The summed E-state index contributed by atoms with van der Waals surface area (Å²) >= 11 is 5.42. The van der Waals surface area contributed by atoms with E-state index in [0.29, 0.717) is 5.11 Å². The molecule has 23 heavy (non-hydrogen) atoms. The molecule has 5 heteroatoms. The molecule has 3 rings (SSSR count). The summed E-state index contributed by atoms with van der Waals surface area (Å²) < 4.78 is 5.63. The Morgan fingerprint density at radius 3 is 2.61 bits per heavy atom. The lowest BCUT2D eigenvalue weighted by molar-refractivity contribution is 0.216. The number of anilines is 1. The van der Waals surface area contributed by atoms with Crippen LogP contribution in [0.3, 0.4) is 0 Å². The predicted octanol–water partition coefficient (Wildman–Crippen LogP) is 3.71. The van der Waals surface area contributed by atoms with Crippen LogP contribution in [0.25, 0.3) is 0 Å². The van der Waals surface area contributed by atoms with Crippen LogP contribution in [0.5, 0.6) is 0 Å². The number of likely N-dealkylation sites (tertiary alicyclic amines) is 1. The molecular formula is C18H23N3OS. The number of furan rings is 1. The monoisotopic (exact) mass is 329 g/mol. The van der Waals surface area contributed by atoms with Gasteiger partial charge in [-0.2, -0.15) is 0 Å². The van der Waals surface area contributed by atoms with Crippen LogP contribution in [0.2, 0.25) is 0 Å². The Kier molecular flexibility index (Phi) is 5.31. The highest BCUT2D eigenvalue weighted by atomic mass is 32.1. The number of aryl methyl sites for hydroxylation is 1. The third-order valence-electron chi connectivity index (χ3n) is 4.22. The second-order valence-electron chi connectivity index (χ2n) is 5.98. The number of benzene rings is 1. The highest BCUT2D eigenvalue weighted by molar-refractivity contribution is 7.80. The van der Waals surface area contributed by atoms with Gasteiger partial charge in [0.15, 0.2) is 5.11 Å². The fourth-order valence-electron chi connectivity index (χ4n) is 2.95. The Hall–Kier alpha value is -1.85. The summed E-state index contributed by atoms with van der Waals surface area (Å²) in [4.78, 5) is 2.46. The van der Waals surface area contributed by atoms with Gasteiger partial charge in [-0.1, -0.05) is 17.7 Å². The van der Waals surface area contributed by atoms with E-state index in [0.717, 1.165) is 31.1 Å². The van der Waals surface area contributed by atoms with Crippen molar-refractivity contribution in [3.63, 3.8) is 0 Å². The van der Waals surface area contributed by atoms with Crippen molar-refractivity contribution in [2.75, 3.05) is 25.0 Å². The molecule has 0 saturated carbocycles. The molecule has 1 aromatic carbocycles. The highest BCUT2D eigenvalue weighted by Crippen LogP contribution is 2.24. The van der Waals surface area contributed by atoms with E-state index in [2.05, 4.69) is 34.6 Å². The molecule has 1 saturated heterocycles. The highest BCUT2D eigenvalue weighted by Gasteiger charge is 2.25. The molecule has 2 heterocycles. The first-order chi connectivity index (χ1) is 11.2. The first-order valence-corrected chi connectivity index (χ1v) is 8.52. The van der Waals surface area contributed by atoms with Crippen LogP contribution in [-0.4, -0.2) is 29.6 Å². The fourth-order valence-corrected chi connectivity index (χ4v) is 3.15. The quantitative estimate of drug-likeness (QED) is 0.818. The molecular weight excluding hydrogens is 306 g/mol. The Balaban J connectivity index is 1.57. The summed E-state index contributed by atoms with van der Waals surface area (Å²) in [6.07, 6.45) is 4.24. The number of nitrogens with zero attached hydrogens (tertiary/aromatic N) is 1. The molecule has 4 nitrogen and oxygen atoms in total. The molecule has 0 spiro atoms. The lowest BCUT2D eigenvalue weighted by atomic mass is 10.2. The van der Waals surface area contributed by atoms with Crippen molar-refractivity contribution in [1.82, 2.24) is 10.2 Å². The van der Waals surface area contributed by atoms with Crippen molar-refractivity contribution >= 4 is 23.0 Å². The van der Waals surface area contributed by atoms with Crippen LogP contribution < -0.4 is 10.6 Å². The summed E-state index contributed by atoms with van der Waals surface area (Å²) in [5, 5.41) is 7.20. The molecule has 0 bridgehead atoms. The maximum atomic E-state index is 5.63. The van der Waals surface area contributed by atoms with Gasteiger partial charge in [-0.05, 0) is 69.3 Å². The Bertz CT molecular complexity index is 618. The summed E-state index contributed by atoms with van der Waals surface area (Å²) in [6.45, 7) is 5.05. The van der Waals surface area contributed by atoms with E-state index in [9.17, 15) is 0 Å². The van der Waals surface area contributed by atoms with Crippen LogP contribution >= 0.6 is 12.2 Å². The molecule has 122 valence electrons. The number of thiocarbonyl (C=S) groups is 1. The minimum absolute atomic E-state index is 0.227. The smallest absolute Gasteiger partial charge is 0.170 e. The van der Waals surface area contributed by atoms with Crippen molar-refractivity contribution < 1.29 is 4.42 Å². The van der Waals surface area contributed by atoms with Gasteiger partial charge >= 0.3 is 0 Å². The molecule has 1 atom stereocenters. The second-order valence-corrected chi connectivity index (χ2v) is 6.38. The Morgan fingerprint density at radius 2 is 1.96 bits per heavy atom. The topological polar surface area (TPSA) is 40.4 Å². The maximum absolute atomic E-state index is 5.63. The largest absolute Gasteiger partial charge is 0.468 e. The van der Waals surface area contributed by atoms with Crippen LogP contribution in [-0.2, 0) is 0 Å². The predicted molar refractivity (Wildman–Crippen MR) is 97.7 cm³/mol. The molecule has 1 aromatic heterocycles. The van der Waals surface area contributed by atoms with Gasteiger partial charge in [-0.15, -0.1) is 0 Å². The molecule has 2 aromatic rings. The van der Waals surface area contributed by atoms with E-state index < -0.39 is 0 Å². The molecule has 0 unspecified atom stereocenters. The molecule has 2 N–H and O–H groups in total. The van der Waals surface area contributed by atoms with Gasteiger partial charge in [0.2, 0.25) is 0 Å². The third-order valence-corrected chi connectivity index (χ3v) is 4.46. The van der Waals surface area contributed by atoms with Crippen LogP contribution in [0.1, 0.15) is 30.2 Å². The first kappa shape index (κ1) is 16.0. The average molecular weight is 329 g/mol. The second kappa shape index (κ2) is 7.62. The van der Waals surface area contributed by atoms with Crippen LogP contribution in [0.15, 0.2) is 47.1 Å². The molecule has 0 radical (unpaired) electrons. The third kappa shape index (κ3) is 4.33. The van der Waals surface area contributed by atoms with Gasteiger partial charge in [-0.3, -0.25) is 4.90 Å². The molecule has 0 amide bonds. The van der Waals surface area contributed by atoms with E-state index in [4.69, 9.17) is 16.6 Å². The maximum Gasteiger partial charge on any atom is 0.170 e. The minimum Gasteiger partial charge on any atom is -0.468 e. The van der Waals surface area contributed by atoms with E-state index in [1.54, 1.807) is 6.26 Å². The van der Waals surface area contributed by atoms with Crippen molar-refractivity contribution in [2.24, 2.45) is 0 Å². The summed E-state index contributed by atoms with van der Waals surface area (Å²) in [5.41, 5.74) is 2.24. The van der Waals surface area contributed by atoms with Gasteiger partial charge in [-0.25, -0.2) is 0 Å². The van der Waals surface area contributed by atoms with Crippen molar-refractivity contribution in [3.05, 3.63) is 54.0 Å². The zero-order valence-electron chi connectivity index (χ0n) is 13.4. The number of hydrogen-bond acceptors (Lipinski definition) is 3. The number of rotatable bonds is 5. The molecule has 1 aliphatic heterocycles. The van der Waals surface area contributed by atoms with E-state index in [1.807, 2.05) is 24.3 Å². The lowest BCUT2D eigenvalue weighted by Gasteiger charge is -2.26. The number of nitrogens with one attached hydrogen (secondary N) is 2. The number of hydrogen-bond donors (Lipinski definition) is 2. The van der Waals surface area contributed by atoms with E-state index in [1.165, 1.54) is 18.4 Å². The minimum atomic E-state index is 0.227. The summed E-state index contributed by atoms with van der Waals surface area (Å²) in [6, 6.07) is 12.4. The molecule has 1 fully saturated rings. The first-order valence-electron chi connectivity index (χ1n) is 8.11. The van der Waals surface area contributed by atoms with E-state index in [-0.39, 0.29) is 6.04 Å². The van der Waals surface area contributed by atoms with Crippen LogP contribution in [0.4, 0.5) is 5.69 Å². The van der Waals surface area contributed by atoms with Gasteiger partial charge in [0.1, 0.15) is 5.76 Å². The average Bonchev–Trinajstić information content (AvgIpc) is 3.24. The SMILES string of the molecule is Cc1ccc(NC(=S)NC[C@@H](c2ccco2)N2CCCC2)cc1. The zero-order chi connectivity index (χ0) is 16.1. The standard InChI is InChI=1S/C18H23N3OS/c1-14-6-8-15(9-7-14)20-18(23)19-13-16(17-5-4-12-22-17)21-10-2-3-11-21/h4-9,12,16H,2-3,10-11,13H2,1H3,(H2,19,20,23)/t16-/m0/s1. The van der Waals surface area contributed by atoms with Crippen molar-refractivity contribution in [3.8, 4) is 0 Å². The normalized spacial score (nSPS) is 16.2. The van der Waals surface area contributed by atoms with Crippen molar-refractivity contribution in [1.29, 1.82) is 0 Å². The van der Waals surface area contributed by atoms with Crippen LogP contribution in [0, 0.1) is 6.92 Å². The Labute approximate surface area is 142 Å². The molecule has 1 aliphatic rings. The fraction of sp³-hybridized carbons (Fsp3) is 0.389. The lowest BCUT2D eigenvalue weighted by Crippen LogP contribution is -2.38.